The van der Waals surface area contributed by atoms with Crippen LogP contribution in [-0.2, 0) is 10.8 Å². The van der Waals surface area contributed by atoms with Gasteiger partial charge in [0.05, 0.1) is 0 Å². The molecule has 0 aliphatic heterocycles. The third-order valence-corrected chi connectivity index (χ3v) is 10.7. The zero-order valence-corrected chi connectivity index (χ0v) is 27.6. The highest BCUT2D eigenvalue weighted by Gasteiger charge is 2.43. The van der Waals surface area contributed by atoms with Crippen LogP contribution in [0.25, 0.3) is 22.3 Å². The highest BCUT2D eigenvalue weighted by Crippen LogP contribution is 2.55. The van der Waals surface area contributed by atoms with Gasteiger partial charge in [0.25, 0.3) is 0 Å². The molecule has 0 nitrogen and oxygen atoms in total. The lowest BCUT2D eigenvalue weighted by molar-refractivity contribution is 0.414. The number of hydrogen-bond donors (Lipinski definition) is 0. The Morgan fingerprint density at radius 1 is 0.409 bits per heavy atom. The molecule has 0 bridgehead atoms. The van der Waals surface area contributed by atoms with E-state index in [0.717, 1.165) is 11.1 Å². The maximum atomic E-state index is 3.64. The monoisotopic (exact) mass is 578 g/mol. The topological polar surface area (TPSA) is 0 Å². The summed E-state index contributed by atoms with van der Waals surface area (Å²) in [6.45, 7) is 9.30. The smallest absolute Gasteiger partial charge is 0.0252 e. The van der Waals surface area contributed by atoms with E-state index in [1.807, 2.05) is 0 Å². The first-order valence-corrected chi connectivity index (χ1v) is 17.6. The van der Waals surface area contributed by atoms with Gasteiger partial charge in [0.15, 0.2) is 0 Å². The molecule has 44 heavy (non-hydrogen) atoms. The third-order valence-electron chi connectivity index (χ3n) is 10.7. The number of hydrogen-bond acceptors (Lipinski definition) is 0. The molecule has 4 aromatic rings. The maximum Gasteiger partial charge on any atom is 0.0252 e. The van der Waals surface area contributed by atoms with Gasteiger partial charge >= 0.3 is 0 Å². The van der Waals surface area contributed by atoms with Crippen LogP contribution in [0, 0.1) is 11.8 Å². The zero-order chi connectivity index (χ0) is 30.6. The summed E-state index contributed by atoms with van der Waals surface area (Å²) in [5.41, 5.74) is 14.3. The molecule has 4 aromatic carbocycles. The van der Waals surface area contributed by atoms with E-state index < -0.39 is 0 Å². The maximum absolute atomic E-state index is 3.64. The summed E-state index contributed by atoms with van der Waals surface area (Å²) >= 11 is 0. The molecule has 0 saturated carbocycles. The summed E-state index contributed by atoms with van der Waals surface area (Å²) in [5.74, 6) is 7.29. The van der Waals surface area contributed by atoms with Crippen molar-refractivity contribution in [1.82, 2.24) is 0 Å². The summed E-state index contributed by atoms with van der Waals surface area (Å²) in [5, 5.41) is 0. The Bertz CT molecular complexity index is 1530. The summed E-state index contributed by atoms with van der Waals surface area (Å²) in [7, 11) is 0. The van der Waals surface area contributed by atoms with Gasteiger partial charge in [-0.25, -0.2) is 0 Å². The fourth-order valence-corrected chi connectivity index (χ4v) is 8.45. The lowest BCUT2D eigenvalue weighted by Gasteiger charge is -2.32. The lowest BCUT2D eigenvalue weighted by Crippen LogP contribution is -2.25. The molecule has 0 atom stereocenters. The summed E-state index contributed by atoms with van der Waals surface area (Å²) in [6, 6.07) is 32.5. The van der Waals surface area contributed by atoms with Gasteiger partial charge in [-0.3, -0.25) is 0 Å². The number of benzene rings is 4. The van der Waals surface area contributed by atoms with Crippen LogP contribution in [0.2, 0.25) is 0 Å². The molecule has 0 fully saturated rings. The van der Waals surface area contributed by atoms with Crippen molar-refractivity contribution in [2.45, 2.75) is 116 Å². The van der Waals surface area contributed by atoms with Crippen LogP contribution in [0.15, 0.2) is 84.9 Å². The van der Waals surface area contributed by atoms with Gasteiger partial charge in [-0.2, -0.15) is 0 Å². The second-order valence-corrected chi connectivity index (χ2v) is 13.4. The molecule has 0 saturated heterocycles. The standard InChI is InChI=1S/C44H50/c1-5-9-27-43(28-10-6-2)39-19-15-13-17-35(39)37-25-23-33(31-41(37)43)21-22-34-24-26-38-36-18-14-16-20-40(36)44(29-11-7-3,30-12-8-4)42(38)32-34/h13-20,23-26,31-32H,5-12,27-30H2,1-4H3. The van der Waals surface area contributed by atoms with Crippen molar-refractivity contribution in [3.8, 4) is 34.1 Å². The lowest BCUT2D eigenvalue weighted by atomic mass is 9.70. The number of fused-ring (bicyclic) bond motifs is 6. The first-order valence-electron chi connectivity index (χ1n) is 17.6. The van der Waals surface area contributed by atoms with Crippen LogP contribution in [-0.4, -0.2) is 0 Å². The van der Waals surface area contributed by atoms with E-state index in [1.54, 1.807) is 0 Å². The molecule has 226 valence electrons. The van der Waals surface area contributed by atoms with E-state index in [-0.39, 0.29) is 10.8 Å². The normalized spacial score (nSPS) is 14.7. The largest absolute Gasteiger partial charge is 0.0654 e. The van der Waals surface area contributed by atoms with Crippen molar-refractivity contribution < 1.29 is 0 Å². The van der Waals surface area contributed by atoms with E-state index in [2.05, 4.69) is 124 Å². The molecule has 0 unspecified atom stereocenters. The van der Waals surface area contributed by atoms with E-state index in [4.69, 9.17) is 0 Å². The van der Waals surface area contributed by atoms with Gasteiger partial charge in [-0.1, -0.05) is 152 Å². The minimum Gasteiger partial charge on any atom is -0.0654 e. The van der Waals surface area contributed by atoms with Crippen molar-refractivity contribution in [2.24, 2.45) is 0 Å². The second-order valence-electron chi connectivity index (χ2n) is 13.4. The molecular weight excluding hydrogens is 528 g/mol. The van der Waals surface area contributed by atoms with Crippen molar-refractivity contribution >= 4 is 0 Å². The highest BCUT2D eigenvalue weighted by atomic mass is 14.5. The van der Waals surface area contributed by atoms with Crippen LogP contribution in [0.1, 0.15) is 138 Å². The van der Waals surface area contributed by atoms with E-state index in [1.165, 1.54) is 122 Å². The van der Waals surface area contributed by atoms with E-state index in [9.17, 15) is 0 Å². The van der Waals surface area contributed by atoms with Gasteiger partial charge in [-0.05, 0) is 94.5 Å². The molecule has 0 heterocycles. The predicted octanol–water partition coefficient (Wildman–Crippen LogP) is 12.4. The van der Waals surface area contributed by atoms with Crippen molar-refractivity contribution in [3.05, 3.63) is 118 Å². The van der Waals surface area contributed by atoms with Crippen LogP contribution in [0.3, 0.4) is 0 Å². The molecule has 6 rings (SSSR count). The average molecular weight is 579 g/mol. The molecule has 0 spiro atoms. The molecule has 0 heteroatoms. The van der Waals surface area contributed by atoms with Gasteiger partial charge in [-0.15, -0.1) is 0 Å². The quantitative estimate of drug-likeness (QED) is 0.147. The molecule has 0 aromatic heterocycles. The summed E-state index contributed by atoms with van der Waals surface area (Å²) in [6.07, 6.45) is 14.8. The third kappa shape index (κ3) is 5.24. The molecule has 2 aliphatic carbocycles. The Kier molecular flexibility index (Phi) is 9.14. The number of unbranched alkanes of at least 4 members (excludes halogenated alkanes) is 4. The summed E-state index contributed by atoms with van der Waals surface area (Å²) < 4.78 is 0. The zero-order valence-electron chi connectivity index (χ0n) is 27.6. The van der Waals surface area contributed by atoms with Gasteiger partial charge in [0, 0.05) is 22.0 Å². The fraction of sp³-hybridized carbons (Fsp3) is 0.409. The highest BCUT2D eigenvalue weighted by molar-refractivity contribution is 5.83. The fourth-order valence-electron chi connectivity index (χ4n) is 8.45. The van der Waals surface area contributed by atoms with Gasteiger partial charge in [0.2, 0.25) is 0 Å². The van der Waals surface area contributed by atoms with Gasteiger partial charge in [0.1, 0.15) is 0 Å². The second kappa shape index (κ2) is 13.2. The molecule has 0 radical (unpaired) electrons. The predicted molar refractivity (Wildman–Crippen MR) is 189 cm³/mol. The van der Waals surface area contributed by atoms with Crippen molar-refractivity contribution in [3.63, 3.8) is 0 Å². The van der Waals surface area contributed by atoms with Crippen LogP contribution < -0.4 is 0 Å². The minimum absolute atomic E-state index is 0.104. The average Bonchev–Trinajstić information content (AvgIpc) is 3.50. The molecule has 2 aliphatic rings. The van der Waals surface area contributed by atoms with Crippen LogP contribution in [0.5, 0.6) is 0 Å². The molecule has 0 N–H and O–H groups in total. The molecular formula is C44H50. The Hall–Kier alpha value is -3.56. The summed E-state index contributed by atoms with van der Waals surface area (Å²) in [4.78, 5) is 0. The Morgan fingerprint density at radius 2 is 0.750 bits per heavy atom. The Balaban J connectivity index is 1.41. The van der Waals surface area contributed by atoms with Crippen molar-refractivity contribution in [1.29, 1.82) is 0 Å². The Labute approximate surface area is 267 Å². The van der Waals surface area contributed by atoms with E-state index >= 15 is 0 Å². The molecule has 0 amide bonds. The van der Waals surface area contributed by atoms with Crippen LogP contribution in [0.4, 0.5) is 0 Å². The first kappa shape index (κ1) is 30.5. The minimum atomic E-state index is 0.104. The van der Waals surface area contributed by atoms with Crippen molar-refractivity contribution in [2.75, 3.05) is 0 Å². The number of rotatable bonds is 12. The first-order chi connectivity index (χ1) is 21.6. The SMILES string of the molecule is CCCCC1(CCCC)c2ccccc2-c2ccc(C#Cc3ccc4c(c3)C(CCCC)(CCCC)c3ccccc3-4)cc21. The Morgan fingerprint density at radius 3 is 1.11 bits per heavy atom. The van der Waals surface area contributed by atoms with Gasteiger partial charge < -0.3 is 0 Å². The van der Waals surface area contributed by atoms with Crippen LogP contribution >= 0.6 is 0 Å². The van der Waals surface area contributed by atoms with E-state index in [0.29, 0.717) is 0 Å².